The molecule has 0 atom stereocenters. The lowest BCUT2D eigenvalue weighted by Crippen LogP contribution is -2.26. The number of thiazole rings is 1. The van der Waals surface area contributed by atoms with Crippen LogP contribution in [0, 0.1) is 13.8 Å². The van der Waals surface area contributed by atoms with Gasteiger partial charge in [0, 0.05) is 30.2 Å². The molecule has 0 aliphatic heterocycles. The van der Waals surface area contributed by atoms with Crippen LogP contribution in [0.15, 0.2) is 11.7 Å². The molecule has 144 valence electrons. The molecule has 26 heavy (non-hydrogen) atoms. The Kier molecular flexibility index (Phi) is 7.75. The van der Waals surface area contributed by atoms with Gasteiger partial charge >= 0.3 is 12.1 Å². The molecule has 7 nitrogen and oxygen atoms in total. The molecule has 0 saturated heterocycles. The molecule has 11 heteroatoms. The zero-order valence-corrected chi connectivity index (χ0v) is 15.2. The Morgan fingerprint density at radius 2 is 1.92 bits per heavy atom. The minimum absolute atomic E-state index is 0.127. The minimum atomic E-state index is -5.08. The molecule has 1 amide bonds. The van der Waals surface area contributed by atoms with Crippen LogP contribution in [0.5, 0.6) is 0 Å². The van der Waals surface area contributed by atoms with Crippen molar-refractivity contribution in [2.75, 3.05) is 7.05 Å². The van der Waals surface area contributed by atoms with Crippen molar-refractivity contribution < 1.29 is 27.9 Å². The molecule has 0 unspecified atom stereocenters. The number of hydrogen-bond acceptors (Lipinski definition) is 5. The Morgan fingerprint density at radius 3 is 2.35 bits per heavy atom. The first-order chi connectivity index (χ1) is 12.0. The molecule has 0 saturated carbocycles. The van der Waals surface area contributed by atoms with Gasteiger partial charge in [0.1, 0.15) is 5.82 Å². The summed E-state index contributed by atoms with van der Waals surface area (Å²) in [4.78, 5) is 35.3. The number of aromatic amines is 1. The van der Waals surface area contributed by atoms with Crippen molar-refractivity contribution in [3.8, 4) is 0 Å². The van der Waals surface area contributed by atoms with Crippen LogP contribution in [-0.4, -0.2) is 50.1 Å². The molecular formula is C15H19F3N4O3S. The van der Waals surface area contributed by atoms with Crippen molar-refractivity contribution in [1.29, 1.82) is 0 Å². The lowest BCUT2D eigenvalue weighted by molar-refractivity contribution is -0.192. The number of imidazole rings is 1. The average Bonchev–Trinajstić information content (AvgIpc) is 3.12. The number of hydrogen-bond donors (Lipinski definition) is 2. The number of carboxylic acid groups (broad SMARTS) is 1. The number of halogens is 3. The molecule has 0 spiro atoms. The lowest BCUT2D eigenvalue weighted by atomic mass is 10.2. The molecule has 0 aliphatic rings. The van der Waals surface area contributed by atoms with Crippen LogP contribution in [0.4, 0.5) is 13.2 Å². The highest BCUT2D eigenvalue weighted by molar-refractivity contribution is 7.09. The highest BCUT2D eigenvalue weighted by Gasteiger charge is 2.38. The maximum absolute atomic E-state index is 12.0. The number of alkyl halides is 3. The fourth-order valence-electron chi connectivity index (χ4n) is 1.84. The summed E-state index contributed by atoms with van der Waals surface area (Å²) in [6, 6.07) is 0. The third-order valence-corrected chi connectivity index (χ3v) is 4.22. The Morgan fingerprint density at radius 1 is 1.31 bits per heavy atom. The van der Waals surface area contributed by atoms with E-state index in [1.165, 1.54) is 4.88 Å². The van der Waals surface area contributed by atoms with Gasteiger partial charge in [-0.2, -0.15) is 13.2 Å². The summed E-state index contributed by atoms with van der Waals surface area (Å²) >= 11 is 1.61. The number of H-pyrrole nitrogens is 1. The molecule has 0 fully saturated rings. The van der Waals surface area contributed by atoms with Crippen LogP contribution in [0.2, 0.25) is 0 Å². The van der Waals surface area contributed by atoms with Crippen LogP contribution < -0.4 is 0 Å². The van der Waals surface area contributed by atoms with E-state index in [0.29, 0.717) is 13.0 Å². The van der Waals surface area contributed by atoms with E-state index in [-0.39, 0.29) is 5.91 Å². The Labute approximate surface area is 151 Å². The van der Waals surface area contributed by atoms with Gasteiger partial charge in [-0.05, 0) is 20.3 Å². The van der Waals surface area contributed by atoms with Crippen molar-refractivity contribution >= 4 is 23.2 Å². The van der Waals surface area contributed by atoms with E-state index >= 15 is 0 Å². The molecule has 0 aliphatic carbocycles. The van der Waals surface area contributed by atoms with E-state index in [1.807, 2.05) is 19.4 Å². The first kappa shape index (κ1) is 21.6. The van der Waals surface area contributed by atoms with Crippen LogP contribution >= 0.6 is 11.3 Å². The maximum Gasteiger partial charge on any atom is 0.490 e. The summed E-state index contributed by atoms with van der Waals surface area (Å²) in [5, 5.41) is 7.12. The van der Waals surface area contributed by atoms with E-state index < -0.39 is 12.1 Å². The smallest absolute Gasteiger partial charge is 0.475 e. The third-order valence-electron chi connectivity index (χ3n) is 3.22. The van der Waals surface area contributed by atoms with Gasteiger partial charge in [-0.3, -0.25) is 4.79 Å². The number of amides is 1. The number of aryl methyl sites for hydroxylation is 3. The number of nitrogens with one attached hydrogen (secondary N) is 1. The molecule has 0 bridgehead atoms. The first-order valence-corrected chi connectivity index (χ1v) is 8.32. The topological polar surface area (TPSA) is 99.2 Å². The van der Waals surface area contributed by atoms with Crippen molar-refractivity contribution in [1.82, 2.24) is 19.9 Å². The standard InChI is InChI=1S/C13H18N4OS.C2HF3O2/c1-9-6-14-12(16-9)7-17(3)13(18)5-4-11-10(2)15-8-19-11;3-2(4,5)1(6)7/h6,8H,4-5,7H2,1-3H3,(H,14,16);(H,6,7). The quantitative estimate of drug-likeness (QED) is 0.815. The minimum Gasteiger partial charge on any atom is -0.475 e. The van der Waals surface area contributed by atoms with Gasteiger partial charge in [0.15, 0.2) is 0 Å². The van der Waals surface area contributed by atoms with Gasteiger partial charge < -0.3 is 15.0 Å². The Hall–Kier alpha value is -2.43. The first-order valence-electron chi connectivity index (χ1n) is 7.44. The number of rotatable bonds is 5. The predicted octanol–water partition coefficient (Wildman–Crippen LogP) is 2.71. The molecular weight excluding hydrogens is 373 g/mol. The van der Waals surface area contributed by atoms with Crippen LogP contribution in [0.1, 0.15) is 28.5 Å². The maximum atomic E-state index is 12.0. The van der Waals surface area contributed by atoms with Crippen molar-refractivity contribution in [2.45, 2.75) is 39.4 Å². The van der Waals surface area contributed by atoms with Crippen molar-refractivity contribution in [3.63, 3.8) is 0 Å². The number of aromatic nitrogens is 3. The van der Waals surface area contributed by atoms with Crippen LogP contribution in [0.25, 0.3) is 0 Å². The van der Waals surface area contributed by atoms with Crippen LogP contribution in [-0.2, 0) is 22.6 Å². The fourth-order valence-corrected chi connectivity index (χ4v) is 2.62. The number of carbonyl (C=O) groups is 2. The normalized spacial score (nSPS) is 10.8. The third kappa shape index (κ3) is 7.21. The van der Waals surface area contributed by atoms with E-state index in [1.54, 1.807) is 29.5 Å². The largest absolute Gasteiger partial charge is 0.490 e. The monoisotopic (exact) mass is 392 g/mol. The molecule has 2 N–H and O–H groups in total. The van der Waals surface area contributed by atoms with Gasteiger partial charge in [-0.15, -0.1) is 11.3 Å². The van der Waals surface area contributed by atoms with Crippen LogP contribution in [0.3, 0.4) is 0 Å². The molecule has 2 aromatic heterocycles. The Balaban J connectivity index is 0.000000412. The molecule has 2 heterocycles. The SMILES string of the molecule is Cc1cnc(CN(C)C(=O)CCc2scnc2C)[nH]1.O=C(O)C(F)(F)F. The van der Waals surface area contributed by atoms with Gasteiger partial charge in [0.25, 0.3) is 0 Å². The highest BCUT2D eigenvalue weighted by atomic mass is 32.1. The second-order valence-electron chi connectivity index (χ2n) is 5.43. The Bertz CT molecular complexity index is 743. The van der Waals surface area contributed by atoms with Crippen molar-refractivity contribution in [2.24, 2.45) is 0 Å². The lowest BCUT2D eigenvalue weighted by Gasteiger charge is -2.15. The van der Waals surface area contributed by atoms with E-state index in [9.17, 15) is 18.0 Å². The van der Waals surface area contributed by atoms with Crippen molar-refractivity contribution in [3.05, 3.63) is 33.8 Å². The number of carboxylic acids is 1. The number of nitrogens with zero attached hydrogens (tertiary/aromatic N) is 3. The summed E-state index contributed by atoms with van der Waals surface area (Å²) in [6.07, 6.45) is -2.04. The average molecular weight is 392 g/mol. The molecule has 0 radical (unpaired) electrons. The molecule has 0 aromatic carbocycles. The zero-order chi connectivity index (χ0) is 19.9. The van der Waals surface area contributed by atoms with Gasteiger partial charge in [0.05, 0.1) is 17.7 Å². The zero-order valence-electron chi connectivity index (χ0n) is 14.4. The summed E-state index contributed by atoms with van der Waals surface area (Å²) in [7, 11) is 1.81. The summed E-state index contributed by atoms with van der Waals surface area (Å²) < 4.78 is 31.7. The van der Waals surface area contributed by atoms with Gasteiger partial charge in [-0.1, -0.05) is 0 Å². The summed E-state index contributed by atoms with van der Waals surface area (Å²) in [5.41, 5.74) is 3.86. The fraction of sp³-hybridized carbons (Fsp3) is 0.467. The molecule has 2 aromatic rings. The number of carbonyl (C=O) groups excluding carboxylic acids is 1. The number of aliphatic carboxylic acids is 1. The van der Waals surface area contributed by atoms with E-state index in [2.05, 4.69) is 15.0 Å². The van der Waals surface area contributed by atoms with E-state index in [4.69, 9.17) is 9.90 Å². The van der Waals surface area contributed by atoms with Gasteiger partial charge in [0.2, 0.25) is 5.91 Å². The predicted molar refractivity (Wildman–Crippen MR) is 88.7 cm³/mol. The second-order valence-corrected chi connectivity index (χ2v) is 6.37. The summed E-state index contributed by atoms with van der Waals surface area (Å²) in [6.45, 7) is 4.45. The summed E-state index contributed by atoms with van der Waals surface area (Å²) in [5.74, 6) is -1.81. The second kappa shape index (κ2) is 9.32. The van der Waals surface area contributed by atoms with Gasteiger partial charge in [-0.25, -0.2) is 14.8 Å². The molecule has 2 rings (SSSR count). The van der Waals surface area contributed by atoms with E-state index in [0.717, 1.165) is 23.6 Å². The highest BCUT2D eigenvalue weighted by Crippen LogP contribution is 2.15.